The zero-order valence-corrected chi connectivity index (χ0v) is 12.3. The Bertz CT molecular complexity index is 487. The molecule has 0 aromatic carbocycles. The zero-order valence-electron chi connectivity index (χ0n) is 11.5. The number of urea groups is 1. The molecule has 0 spiro atoms. The monoisotopic (exact) mass is 296 g/mol. The Balaban J connectivity index is 1.75. The fourth-order valence-electron chi connectivity index (χ4n) is 2.57. The fraction of sp³-hybridized carbons (Fsp3) is 0.571. The number of aryl methyl sites for hydroxylation is 1. The first-order valence-corrected chi connectivity index (χ1v) is 7.80. The van der Waals surface area contributed by atoms with Gasteiger partial charge in [-0.05, 0) is 42.7 Å². The molecule has 2 unspecified atom stereocenters. The van der Waals surface area contributed by atoms with Crippen molar-refractivity contribution in [2.24, 2.45) is 5.92 Å². The Kier molecular flexibility index (Phi) is 5.00. The predicted octanol–water partition coefficient (Wildman–Crippen LogP) is 2.36. The Morgan fingerprint density at radius 3 is 2.90 bits per heavy atom. The van der Waals surface area contributed by atoms with Crippen LogP contribution in [0.25, 0.3) is 0 Å². The third-order valence-electron chi connectivity index (χ3n) is 3.75. The number of carbonyl (C=O) groups is 2. The maximum Gasteiger partial charge on any atom is 0.315 e. The van der Waals surface area contributed by atoms with Gasteiger partial charge in [-0.15, -0.1) is 11.3 Å². The minimum Gasteiger partial charge on any atom is -0.481 e. The summed E-state index contributed by atoms with van der Waals surface area (Å²) in [6, 6.07) is 1.84. The molecule has 2 atom stereocenters. The second-order valence-corrected chi connectivity index (χ2v) is 6.10. The molecule has 5 nitrogen and oxygen atoms in total. The van der Waals surface area contributed by atoms with Gasteiger partial charge in [-0.1, -0.05) is 6.92 Å². The van der Waals surface area contributed by atoms with Gasteiger partial charge in [0.25, 0.3) is 0 Å². The van der Waals surface area contributed by atoms with E-state index in [0.717, 1.165) is 12.8 Å². The highest BCUT2D eigenvalue weighted by Gasteiger charge is 2.30. The Labute approximate surface area is 122 Å². The van der Waals surface area contributed by atoms with Gasteiger partial charge in [-0.25, -0.2) is 4.79 Å². The SMILES string of the molecule is CCc1ccsc1CNC(=O)NC1CCC(C(=O)O)C1. The van der Waals surface area contributed by atoms with Crippen LogP contribution in [0.5, 0.6) is 0 Å². The Morgan fingerprint density at radius 2 is 2.25 bits per heavy atom. The van der Waals surface area contributed by atoms with Crippen molar-refractivity contribution in [3.8, 4) is 0 Å². The van der Waals surface area contributed by atoms with Crippen molar-refractivity contribution in [1.82, 2.24) is 10.6 Å². The van der Waals surface area contributed by atoms with Gasteiger partial charge >= 0.3 is 12.0 Å². The van der Waals surface area contributed by atoms with E-state index in [9.17, 15) is 9.59 Å². The van der Waals surface area contributed by atoms with E-state index in [0.29, 0.717) is 19.4 Å². The number of carboxylic acid groups (broad SMARTS) is 1. The lowest BCUT2D eigenvalue weighted by Crippen LogP contribution is -2.40. The summed E-state index contributed by atoms with van der Waals surface area (Å²) < 4.78 is 0. The summed E-state index contributed by atoms with van der Waals surface area (Å²) in [6.45, 7) is 2.62. The molecule has 0 aliphatic heterocycles. The van der Waals surface area contributed by atoms with E-state index < -0.39 is 5.97 Å². The van der Waals surface area contributed by atoms with Crippen molar-refractivity contribution in [1.29, 1.82) is 0 Å². The molecule has 1 aliphatic rings. The zero-order chi connectivity index (χ0) is 14.5. The number of amides is 2. The van der Waals surface area contributed by atoms with Crippen LogP contribution in [0.1, 0.15) is 36.6 Å². The summed E-state index contributed by atoms with van der Waals surface area (Å²) in [6.07, 6.45) is 2.88. The van der Waals surface area contributed by atoms with Crippen LogP contribution >= 0.6 is 11.3 Å². The number of hydrogen-bond donors (Lipinski definition) is 3. The van der Waals surface area contributed by atoms with Crippen molar-refractivity contribution in [2.45, 2.75) is 45.2 Å². The molecule has 0 bridgehead atoms. The quantitative estimate of drug-likeness (QED) is 0.780. The van der Waals surface area contributed by atoms with E-state index in [-0.39, 0.29) is 18.0 Å². The van der Waals surface area contributed by atoms with Crippen LogP contribution in [-0.4, -0.2) is 23.1 Å². The summed E-state index contributed by atoms with van der Waals surface area (Å²) in [5, 5.41) is 16.7. The number of aliphatic carboxylic acids is 1. The van der Waals surface area contributed by atoms with Crippen LogP contribution in [0.15, 0.2) is 11.4 Å². The highest BCUT2D eigenvalue weighted by atomic mass is 32.1. The van der Waals surface area contributed by atoms with Crippen LogP contribution in [-0.2, 0) is 17.8 Å². The topological polar surface area (TPSA) is 78.4 Å². The van der Waals surface area contributed by atoms with E-state index in [1.807, 2.05) is 5.38 Å². The molecule has 1 fully saturated rings. The van der Waals surface area contributed by atoms with Crippen molar-refractivity contribution >= 4 is 23.3 Å². The average molecular weight is 296 g/mol. The van der Waals surface area contributed by atoms with Crippen LogP contribution in [0.4, 0.5) is 4.79 Å². The van der Waals surface area contributed by atoms with E-state index >= 15 is 0 Å². The largest absolute Gasteiger partial charge is 0.481 e. The first-order valence-electron chi connectivity index (χ1n) is 6.92. The first kappa shape index (κ1) is 14.8. The Hall–Kier alpha value is -1.56. The summed E-state index contributed by atoms with van der Waals surface area (Å²) >= 11 is 1.64. The van der Waals surface area contributed by atoms with Crippen LogP contribution in [0.2, 0.25) is 0 Å². The van der Waals surface area contributed by atoms with Gasteiger partial charge in [0, 0.05) is 10.9 Å². The molecule has 6 heteroatoms. The molecule has 0 radical (unpaired) electrons. The Morgan fingerprint density at radius 1 is 1.45 bits per heavy atom. The highest BCUT2D eigenvalue weighted by molar-refractivity contribution is 7.10. The molecule has 110 valence electrons. The third kappa shape index (κ3) is 3.72. The predicted molar refractivity (Wildman–Crippen MR) is 77.8 cm³/mol. The molecular weight excluding hydrogens is 276 g/mol. The highest BCUT2D eigenvalue weighted by Crippen LogP contribution is 2.25. The minimum atomic E-state index is -0.763. The summed E-state index contributed by atoms with van der Waals surface area (Å²) in [5.74, 6) is -1.08. The number of thiophene rings is 1. The maximum absolute atomic E-state index is 11.8. The lowest BCUT2D eigenvalue weighted by molar-refractivity contribution is -0.141. The number of carboxylic acids is 1. The van der Waals surface area contributed by atoms with Gasteiger partial charge in [-0.2, -0.15) is 0 Å². The first-order chi connectivity index (χ1) is 9.60. The molecule has 1 heterocycles. The van der Waals surface area contributed by atoms with Crippen molar-refractivity contribution in [3.63, 3.8) is 0 Å². The van der Waals surface area contributed by atoms with Crippen molar-refractivity contribution in [2.75, 3.05) is 0 Å². The second kappa shape index (κ2) is 6.74. The van der Waals surface area contributed by atoms with E-state index in [1.54, 1.807) is 11.3 Å². The van der Waals surface area contributed by atoms with Gasteiger partial charge < -0.3 is 15.7 Å². The lowest BCUT2D eigenvalue weighted by atomic mass is 10.1. The number of rotatable bonds is 5. The van der Waals surface area contributed by atoms with E-state index in [2.05, 4.69) is 23.6 Å². The molecule has 1 saturated carbocycles. The summed E-state index contributed by atoms with van der Waals surface area (Å²) in [7, 11) is 0. The van der Waals surface area contributed by atoms with Gasteiger partial charge in [-0.3, -0.25) is 4.79 Å². The van der Waals surface area contributed by atoms with Crippen molar-refractivity contribution in [3.05, 3.63) is 21.9 Å². The molecule has 0 saturated heterocycles. The standard InChI is InChI=1S/C14H20N2O3S/c1-2-9-5-6-20-12(9)8-15-14(19)16-11-4-3-10(7-11)13(17)18/h5-6,10-11H,2-4,7-8H2,1H3,(H,17,18)(H2,15,16,19). The van der Waals surface area contributed by atoms with Crippen LogP contribution in [0.3, 0.4) is 0 Å². The molecule has 2 amide bonds. The fourth-order valence-corrected chi connectivity index (χ4v) is 3.49. The van der Waals surface area contributed by atoms with Gasteiger partial charge in [0.15, 0.2) is 0 Å². The summed E-state index contributed by atoms with van der Waals surface area (Å²) in [4.78, 5) is 23.8. The molecule has 1 aliphatic carbocycles. The van der Waals surface area contributed by atoms with Gasteiger partial charge in [0.2, 0.25) is 0 Å². The molecule has 1 aromatic heterocycles. The van der Waals surface area contributed by atoms with Gasteiger partial charge in [0.1, 0.15) is 0 Å². The minimum absolute atomic E-state index is 0.0231. The molecule has 2 rings (SSSR count). The third-order valence-corrected chi connectivity index (χ3v) is 4.71. The normalized spacial score (nSPS) is 21.6. The smallest absolute Gasteiger partial charge is 0.315 e. The molecule has 1 aromatic rings. The van der Waals surface area contributed by atoms with E-state index in [1.165, 1.54) is 10.4 Å². The second-order valence-electron chi connectivity index (χ2n) is 5.09. The van der Waals surface area contributed by atoms with Crippen molar-refractivity contribution < 1.29 is 14.7 Å². The summed E-state index contributed by atoms with van der Waals surface area (Å²) in [5.41, 5.74) is 1.27. The number of nitrogens with one attached hydrogen (secondary N) is 2. The molecule has 20 heavy (non-hydrogen) atoms. The maximum atomic E-state index is 11.8. The lowest BCUT2D eigenvalue weighted by Gasteiger charge is -2.13. The number of carbonyl (C=O) groups excluding carboxylic acids is 1. The molecule has 3 N–H and O–H groups in total. The van der Waals surface area contributed by atoms with Crippen LogP contribution in [0, 0.1) is 5.92 Å². The number of hydrogen-bond acceptors (Lipinski definition) is 3. The van der Waals surface area contributed by atoms with Gasteiger partial charge in [0.05, 0.1) is 12.5 Å². The van der Waals surface area contributed by atoms with Crippen LogP contribution < -0.4 is 10.6 Å². The average Bonchev–Trinajstić information content (AvgIpc) is 3.04. The van der Waals surface area contributed by atoms with E-state index in [4.69, 9.17) is 5.11 Å². The molecular formula is C14H20N2O3S.